The highest BCUT2D eigenvalue weighted by Crippen LogP contribution is 2.29. The van der Waals surface area contributed by atoms with Gasteiger partial charge in [0, 0.05) is 5.02 Å². The lowest BCUT2D eigenvalue weighted by Crippen LogP contribution is -1.81. The Kier molecular flexibility index (Phi) is 2.91. The minimum Gasteiger partial charge on any atom is -0.431 e. The molecule has 0 atom stereocenters. The van der Waals surface area contributed by atoms with Crippen LogP contribution in [0.25, 0.3) is 0 Å². The Morgan fingerprint density at radius 1 is 1.14 bits per heavy atom. The zero-order chi connectivity index (χ0) is 9.97. The molecule has 0 aliphatic heterocycles. The first-order valence-corrected chi connectivity index (χ1v) is 5.36. The predicted octanol–water partition coefficient (Wildman–Crippen LogP) is 4.24. The van der Waals surface area contributed by atoms with Gasteiger partial charge >= 0.3 is 0 Å². The summed E-state index contributed by atoms with van der Waals surface area (Å²) in [5.41, 5.74) is 0. The van der Waals surface area contributed by atoms with E-state index in [2.05, 4.69) is 4.98 Å². The first kappa shape index (κ1) is 9.77. The molecule has 1 aromatic carbocycles. The first-order valence-electron chi connectivity index (χ1n) is 3.79. The number of thiazole rings is 1. The van der Waals surface area contributed by atoms with Gasteiger partial charge in [0.25, 0.3) is 5.19 Å². The standard InChI is InChI=1S/C9H5Cl2NOS/c10-6-1-3-7(4-2-6)13-9-12-5-8(11)14-9/h1-5H. The van der Waals surface area contributed by atoms with Crippen molar-refractivity contribution in [2.75, 3.05) is 0 Å². The molecule has 0 spiro atoms. The van der Waals surface area contributed by atoms with Crippen molar-refractivity contribution in [1.29, 1.82) is 0 Å². The third-order valence-electron chi connectivity index (χ3n) is 1.48. The molecule has 0 fully saturated rings. The first-order chi connectivity index (χ1) is 6.74. The molecular weight excluding hydrogens is 241 g/mol. The van der Waals surface area contributed by atoms with Crippen LogP contribution in [0.3, 0.4) is 0 Å². The smallest absolute Gasteiger partial charge is 0.280 e. The van der Waals surface area contributed by atoms with Crippen molar-refractivity contribution in [3.05, 3.63) is 39.8 Å². The molecule has 0 amide bonds. The highest BCUT2D eigenvalue weighted by Gasteiger charge is 2.01. The number of benzene rings is 1. The highest BCUT2D eigenvalue weighted by molar-refractivity contribution is 7.17. The number of halogens is 2. The second-order valence-electron chi connectivity index (χ2n) is 2.49. The Bertz CT molecular complexity index is 427. The molecule has 0 unspecified atom stereocenters. The number of hydrogen-bond donors (Lipinski definition) is 0. The van der Waals surface area contributed by atoms with Crippen LogP contribution in [0.4, 0.5) is 0 Å². The van der Waals surface area contributed by atoms with Crippen LogP contribution >= 0.6 is 34.5 Å². The van der Waals surface area contributed by atoms with Crippen molar-refractivity contribution in [1.82, 2.24) is 4.98 Å². The second kappa shape index (κ2) is 4.17. The van der Waals surface area contributed by atoms with Crippen LogP contribution in [-0.4, -0.2) is 4.98 Å². The number of ether oxygens (including phenoxy) is 1. The Labute approximate surface area is 95.1 Å². The maximum atomic E-state index is 5.73. The molecule has 1 aromatic heterocycles. The van der Waals surface area contributed by atoms with Crippen LogP contribution in [0.15, 0.2) is 30.5 Å². The van der Waals surface area contributed by atoms with E-state index in [4.69, 9.17) is 27.9 Å². The van der Waals surface area contributed by atoms with Crippen molar-refractivity contribution in [3.8, 4) is 10.9 Å². The van der Waals surface area contributed by atoms with E-state index in [1.54, 1.807) is 30.5 Å². The van der Waals surface area contributed by atoms with Gasteiger partial charge in [-0.25, -0.2) is 4.98 Å². The summed E-state index contributed by atoms with van der Waals surface area (Å²) in [6, 6.07) is 7.06. The molecule has 14 heavy (non-hydrogen) atoms. The summed E-state index contributed by atoms with van der Waals surface area (Å²) in [4.78, 5) is 3.96. The zero-order valence-electron chi connectivity index (χ0n) is 6.91. The van der Waals surface area contributed by atoms with Gasteiger partial charge in [-0.2, -0.15) is 0 Å². The van der Waals surface area contributed by atoms with Crippen LogP contribution in [0, 0.1) is 0 Å². The molecule has 5 heteroatoms. The molecule has 0 radical (unpaired) electrons. The van der Waals surface area contributed by atoms with Crippen molar-refractivity contribution in [2.24, 2.45) is 0 Å². The number of hydrogen-bond acceptors (Lipinski definition) is 3. The third-order valence-corrected chi connectivity index (χ3v) is 2.72. The van der Waals surface area contributed by atoms with Crippen molar-refractivity contribution in [2.45, 2.75) is 0 Å². The number of aromatic nitrogens is 1. The predicted molar refractivity (Wildman–Crippen MR) is 58.7 cm³/mol. The van der Waals surface area contributed by atoms with Gasteiger partial charge in [-0.15, -0.1) is 0 Å². The largest absolute Gasteiger partial charge is 0.431 e. The van der Waals surface area contributed by atoms with Crippen molar-refractivity contribution < 1.29 is 4.74 Å². The lowest BCUT2D eigenvalue weighted by Gasteiger charge is -2.00. The van der Waals surface area contributed by atoms with Crippen LogP contribution in [0.1, 0.15) is 0 Å². The van der Waals surface area contributed by atoms with Crippen LogP contribution in [0.5, 0.6) is 10.9 Å². The van der Waals surface area contributed by atoms with E-state index < -0.39 is 0 Å². The van der Waals surface area contributed by atoms with E-state index in [9.17, 15) is 0 Å². The summed E-state index contributed by atoms with van der Waals surface area (Å²) in [6.45, 7) is 0. The van der Waals surface area contributed by atoms with Crippen molar-refractivity contribution in [3.63, 3.8) is 0 Å². The zero-order valence-corrected chi connectivity index (χ0v) is 9.23. The van der Waals surface area contributed by atoms with Gasteiger partial charge in [0.1, 0.15) is 10.1 Å². The van der Waals surface area contributed by atoms with E-state index in [0.29, 0.717) is 20.3 Å². The van der Waals surface area contributed by atoms with Crippen LogP contribution in [0.2, 0.25) is 9.36 Å². The second-order valence-corrected chi connectivity index (χ2v) is 4.55. The van der Waals surface area contributed by atoms with Gasteiger partial charge in [-0.1, -0.05) is 34.5 Å². The molecule has 0 aliphatic rings. The molecule has 0 bridgehead atoms. The molecule has 0 aliphatic carbocycles. The van der Waals surface area contributed by atoms with Gasteiger partial charge < -0.3 is 4.74 Å². The molecule has 1 heterocycles. The minimum atomic E-state index is 0.525. The summed E-state index contributed by atoms with van der Waals surface area (Å²) >= 11 is 12.7. The minimum absolute atomic E-state index is 0.525. The maximum Gasteiger partial charge on any atom is 0.280 e. The summed E-state index contributed by atoms with van der Waals surface area (Å²) in [5.74, 6) is 0.695. The van der Waals surface area contributed by atoms with E-state index in [1.807, 2.05) is 0 Å². The summed E-state index contributed by atoms with van der Waals surface area (Å²) in [7, 11) is 0. The fourth-order valence-corrected chi connectivity index (χ4v) is 1.78. The molecule has 0 N–H and O–H groups in total. The molecule has 0 saturated carbocycles. The molecule has 2 aromatic rings. The van der Waals surface area contributed by atoms with Gasteiger partial charge in [0.2, 0.25) is 0 Å². The van der Waals surface area contributed by atoms with Crippen molar-refractivity contribution >= 4 is 34.5 Å². The highest BCUT2D eigenvalue weighted by atomic mass is 35.5. The molecule has 72 valence electrons. The average molecular weight is 246 g/mol. The Balaban J connectivity index is 2.15. The number of rotatable bonds is 2. The molecule has 0 saturated heterocycles. The summed E-state index contributed by atoms with van der Waals surface area (Å²) in [5, 5.41) is 1.20. The van der Waals surface area contributed by atoms with E-state index in [1.165, 1.54) is 11.3 Å². The quantitative estimate of drug-likeness (QED) is 0.790. The van der Waals surface area contributed by atoms with Crippen LogP contribution in [-0.2, 0) is 0 Å². The lowest BCUT2D eigenvalue weighted by atomic mass is 10.3. The Hall–Kier alpha value is -0.770. The SMILES string of the molecule is Clc1ccc(Oc2ncc(Cl)s2)cc1. The van der Waals surface area contributed by atoms with E-state index >= 15 is 0 Å². The Morgan fingerprint density at radius 3 is 2.43 bits per heavy atom. The Morgan fingerprint density at radius 2 is 1.86 bits per heavy atom. The summed E-state index contributed by atoms with van der Waals surface area (Å²) < 4.78 is 6.02. The molecule has 2 nitrogen and oxygen atoms in total. The van der Waals surface area contributed by atoms with E-state index in [-0.39, 0.29) is 0 Å². The van der Waals surface area contributed by atoms with Gasteiger partial charge in [-0.3, -0.25) is 0 Å². The van der Waals surface area contributed by atoms with Crippen LogP contribution < -0.4 is 4.74 Å². The van der Waals surface area contributed by atoms with Gasteiger partial charge in [0.05, 0.1) is 6.20 Å². The average Bonchev–Trinajstić information content (AvgIpc) is 2.56. The monoisotopic (exact) mass is 245 g/mol. The maximum absolute atomic E-state index is 5.73. The fraction of sp³-hybridized carbons (Fsp3) is 0. The molecular formula is C9H5Cl2NOS. The summed E-state index contributed by atoms with van der Waals surface area (Å²) in [6.07, 6.45) is 1.55. The van der Waals surface area contributed by atoms with Gasteiger partial charge in [0.15, 0.2) is 0 Å². The third kappa shape index (κ3) is 2.38. The normalized spacial score (nSPS) is 10.1. The number of nitrogens with zero attached hydrogens (tertiary/aromatic N) is 1. The van der Waals surface area contributed by atoms with E-state index in [0.717, 1.165) is 0 Å². The molecule has 2 rings (SSSR count). The van der Waals surface area contributed by atoms with Gasteiger partial charge in [-0.05, 0) is 24.3 Å². The lowest BCUT2D eigenvalue weighted by molar-refractivity contribution is 0.479. The fourth-order valence-electron chi connectivity index (χ4n) is 0.890. The topological polar surface area (TPSA) is 22.1 Å².